The summed E-state index contributed by atoms with van der Waals surface area (Å²) < 4.78 is 41.5. The SMILES string of the molecule is Nc1c(Cl)cc(C[C@@H](CCCCC2CCC(CC3Cc4sccc4CCCC3=O)CC2)C(=O)CCC2CCCC(c3ccncc3)CC2)cc1C(F)(F)F. The van der Waals surface area contributed by atoms with Crippen molar-refractivity contribution in [2.24, 2.45) is 29.6 Å². The molecular weight excluding hydrogens is 725 g/mol. The van der Waals surface area contributed by atoms with Crippen molar-refractivity contribution < 1.29 is 22.8 Å². The minimum atomic E-state index is -4.62. The van der Waals surface area contributed by atoms with Crippen LogP contribution in [0.1, 0.15) is 149 Å². The minimum absolute atomic E-state index is 0.112. The molecule has 2 aromatic heterocycles. The Morgan fingerprint density at radius 3 is 2.43 bits per heavy atom. The van der Waals surface area contributed by atoms with Crippen LogP contribution in [0.2, 0.25) is 5.02 Å². The summed E-state index contributed by atoms with van der Waals surface area (Å²) in [6.07, 6.45) is 19.3. The lowest BCUT2D eigenvalue weighted by Crippen LogP contribution is -2.25. The summed E-state index contributed by atoms with van der Waals surface area (Å²) in [7, 11) is 0. The molecule has 0 spiro atoms. The maximum atomic E-state index is 13.9. The number of carbonyl (C=O) groups is 2. The summed E-state index contributed by atoms with van der Waals surface area (Å²) in [6, 6.07) is 9.07. The first-order chi connectivity index (χ1) is 26.0. The quantitative estimate of drug-likeness (QED) is 0.100. The smallest absolute Gasteiger partial charge is 0.397 e. The average Bonchev–Trinajstić information content (AvgIpc) is 3.44. The summed E-state index contributed by atoms with van der Waals surface area (Å²) in [4.78, 5) is 32.5. The number of nitrogens with zero attached hydrogens (tertiary/aromatic N) is 1. The maximum Gasteiger partial charge on any atom is 0.418 e. The largest absolute Gasteiger partial charge is 0.418 e. The van der Waals surface area contributed by atoms with Crippen LogP contribution in [0.25, 0.3) is 0 Å². The third-order valence-electron chi connectivity index (χ3n) is 13.1. The van der Waals surface area contributed by atoms with E-state index in [1.807, 2.05) is 23.7 Å². The normalized spacial score (nSPS) is 24.6. The molecule has 4 nitrogen and oxygen atoms in total. The number of rotatable bonds is 14. The molecule has 0 aliphatic heterocycles. The van der Waals surface area contributed by atoms with E-state index in [4.69, 9.17) is 17.3 Å². The highest BCUT2D eigenvalue weighted by Crippen LogP contribution is 2.41. The van der Waals surface area contributed by atoms with Gasteiger partial charge in [-0.1, -0.05) is 69.4 Å². The van der Waals surface area contributed by atoms with Crippen LogP contribution in [-0.2, 0) is 35.0 Å². The fraction of sp³-hybridized carbons (Fsp3) is 0.622. The van der Waals surface area contributed by atoms with Crippen molar-refractivity contribution >= 4 is 40.2 Å². The molecule has 0 amide bonds. The van der Waals surface area contributed by atoms with Gasteiger partial charge in [0.25, 0.3) is 0 Å². The third kappa shape index (κ3) is 11.4. The topological polar surface area (TPSA) is 73.1 Å². The van der Waals surface area contributed by atoms with Crippen molar-refractivity contribution in [1.29, 1.82) is 0 Å². The van der Waals surface area contributed by atoms with E-state index < -0.39 is 17.4 Å². The molecule has 6 rings (SSSR count). The van der Waals surface area contributed by atoms with Crippen LogP contribution >= 0.6 is 22.9 Å². The van der Waals surface area contributed by atoms with Gasteiger partial charge in [-0.3, -0.25) is 14.6 Å². The van der Waals surface area contributed by atoms with Gasteiger partial charge < -0.3 is 5.73 Å². The lowest BCUT2D eigenvalue weighted by Gasteiger charge is -2.31. The van der Waals surface area contributed by atoms with Gasteiger partial charge >= 0.3 is 6.18 Å². The van der Waals surface area contributed by atoms with Crippen LogP contribution in [0.5, 0.6) is 0 Å². The number of fused-ring (bicyclic) bond motifs is 1. The Morgan fingerprint density at radius 1 is 0.907 bits per heavy atom. The molecule has 2 heterocycles. The van der Waals surface area contributed by atoms with Crippen LogP contribution in [0.3, 0.4) is 0 Å². The first-order valence-corrected chi connectivity index (χ1v) is 21.9. The van der Waals surface area contributed by atoms with Gasteiger partial charge in [-0.05, 0) is 140 Å². The van der Waals surface area contributed by atoms with Gasteiger partial charge in [0.2, 0.25) is 0 Å². The van der Waals surface area contributed by atoms with Crippen molar-refractivity contribution in [2.45, 2.75) is 147 Å². The number of Topliss-reactive ketones (excluding diaryl/α,β-unsaturated/α-hetero) is 2. The van der Waals surface area contributed by atoms with Crippen LogP contribution in [0.15, 0.2) is 48.1 Å². The number of nitrogen functional groups attached to an aromatic ring is 1. The van der Waals surface area contributed by atoms with Crippen molar-refractivity contribution in [3.8, 4) is 0 Å². The summed E-state index contributed by atoms with van der Waals surface area (Å²) in [5.74, 6) is 2.71. The van der Waals surface area contributed by atoms with E-state index in [-0.39, 0.29) is 29.1 Å². The van der Waals surface area contributed by atoms with Crippen LogP contribution < -0.4 is 5.73 Å². The van der Waals surface area contributed by atoms with E-state index in [9.17, 15) is 22.8 Å². The van der Waals surface area contributed by atoms with Crippen molar-refractivity contribution in [2.75, 3.05) is 5.73 Å². The van der Waals surface area contributed by atoms with E-state index in [0.717, 1.165) is 89.5 Å². The fourth-order valence-electron chi connectivity index (χ4n) is 9.83. The minimum Gasteiger partial charge on any atom is -0.397 e. The number of alkyl halides is 3. The van der Waals surface area contributed by atoms with E-state index in [0.29, 0.717) is 54.3 Å². The standard InChI is InChI=1S/C45H58ClF3N2O2S/c46-40-28-33(27-39(44(40)50)45(47,48)49)26-37(42(53)18-16-31-6-3-8-34(17-15-31)35-19-22-51-23-20-35)7-2-1-5-30-11-13-32(14-12-30)25-38-29-43-36(21-24-54-43)9-4-10-41(38)52/h19-24,27-28,30-32,34,37-38H,1-18,25-26,29,50H2/t30?,31?,32?,34?,37-,38?/m1/s1. The second kappa shape index (κ2) is 19.4. The summed E-state index contributed by atoms with van der Waals surface area (Å²) in [5, 5.41) is 2.06. The van der Waals surface area contributed by atoms with E-state index in [1.54, 1.807) is 0 Å². The molecule has 3 unspecified atom stereocenters. The summed E-state index contributed by atoms with van der Waals surface area (Å²) in [5.41, 5.74) is 7.56. The van der Waals surface area contributed by atoms with Gasteiger partial charge in [-0.25, -0.2) is 0 Å². The molecule has 294 valence electrons. The number of benzene rings is 1. The van der Waals surface area contributed by atoms with E-state index >= 15 is 0 Å². The predicted octanol–water partition coefficient (Wildman–Crippen LogP) is 12.8. The third-order valence-corrected chi connectivity index (χ3v) is 14.4. The molecule has 4 atom stereocenters. The zero-order valence-electron chi connectivity index (χ0n) is 31.7. The molecule has 3 aliphatic carbocycles. The Bertz CT molecular complexity index is 1670. The van der Waals surface area contributed by atoms with Crippen LogP contribution in [-0.4, -0.2) is 16.6 Å². The van der Waals surface area contributed by atoms with Crippen LogP contribution in [0.4, 0.5) is 18.9 Å². The second-order valence-electron chi connectivity index (χ2n) is 16.8. The summed E-state index contributed by atoms with van der Waals surface area (Å²) in [6.45, 7) is 0. The molecule has 0 saturated heterocycles. The highest BCUT2D eigenvalue weighted by Gasteiger charge is 2.35. The number of hydrogen-bond acceptors (Lipinski definition) is 5. The first-order valence-electron chi connectivity index (χ1n) is 20.7. The number of carbonyl (C=O) groups excluding carboxylic acids is 2. The monoisotopic (exact) mass is 782 g/mol. The number of ketones is 2. The number of nitrogens with two attached hydrogens (primary N) is 1. The van der Waals surface area contributed by atoms with Crippen molar-refractivity contribution in [3.63, 3.8) is 0 Å². The number of hydrogen-bond donors (Lipinski definition) is 1. The Kier molecular flexibility index (Phi) is 14.7. The number of unbranched alkanes of at least 4 members (excludes halogenated alkanes) is 1. The molecule has 3 aliphatic rings. The Labute approximate surface area is 329 Å². The van der Waals surface area contributed by atoms with Crippen molar-refractivity contribution in [1.82, 2.24) is 4.98 Å². The molecule has 2 fully saturated rings. The van der Waals surface area contributed by atoms with Gasteiger partial charge in [0.1, 0.15) is 11.6 Å². The van der Waals surface area contributed by atoms with Crippen LogP contribution in [0, 0.1) is 29.6 Å². The Balaban J connectivity index is 1.00. The lowest BCUT2D eigenvalue weighted by molar-refractivity contribution is -0.137. The van der Waals surface area contributed by atoms with Gasteiger partial charge in [-0.2, -0.15) is 13.2 Å². The summed E-state index contributed by atoms with van der Waals surface area (Å²) >= 11 is 8.02. The first kappa shape index (κ1) is 40.9. The van der Waals surface area contributed by atoms with Gasteiger partial charge in [0.05, 0.1) is 16.3 Å². The Hall–Kier alpha value is -2.71. The maximum absolute atomic E-state index is 13.9. The van der Waals surface area contributed by atoms with Crippen molar-refractivity contribution in [3.05, 3.63) is 80.3 Å². The zero-order valence-corrected chi connectivity index (χ0v) is 33.3. The number of aromatic nitrogens is 1. The molecular formula is C45H58ClF3N2O2S. The van der Waals surface area contributed by atoms with Gasteiger partial charge in [0, 0.05) is 41.9 Å². The molecule has 9 heteroatoms. The van der Waals surface area contributed by atoms with E-state index in [1.165, 1.54) is 47.8 Å². The van der Waals surface area contributed by atoms with Gasteiger partial charge in [-0.15, -0.1) is 11.3 Å². The molecule has 2 N–H and O–H groups in total. The predicted molar refractivity (Wildman–Crippen MR) is 214 cm³/mol. The van der Waals surface area contributed by atoms with E-state index in [2.05, 4.69) is 28.6 Å². The number of anilines is 1. The molecule has 0 bridgehead atoms. The fourth-order valence-corrected chi connectivity index (χ4v) is 11.1. The number of halogens is 4. The zero-order chi connectivity index (χ0) is 38.1. The number of aryl methyl sites for hydroxylation is 1. The molecule has 1 aromatic carbocycles. The average molecular weight is 783 g/mol. The number of thiophene rings is 1. The highest BCUT2D eigenvalue weighted by atomic mass is 35.5. The Morgan fingerprint density at radius 2 is 1.65 bits per heavy atom. The molecule has 54 heavy (non-hydrogen) atoms. The highest BCUT2D eigenvalue weighted by molar-refractivity contribution is 7.10. The lowest BCUT2D eigenvalue weighted by atomic mass is 9.74. The molecule has 3 aromatic rings. The molecule has 0 radical (unpaired) electrons. The number of pyridine rings is 1. The van der Waals surface area contributed by atoms with Gasteiger partial charge in [0.15, 0.2) is 0 Å². The second-order valence-corrected chi connectivity index (χ2v) is 18.2. The molecule has 2 saturated carbocycles.